The molecule has 2 aromatic rings. The van der Waals surface area contributed by atoms with E-state index in [4.69, 9.17) is 15.2 Å². The number of nitrogens with two attached hydrogens (primary N) is 1. The molecule has 0 aliphatic heterocycles. The molecule has 2 rings (SSSR count). The third-order valence-electron chi connectivity index (χ3n) is 3.25. The fraction of sp³-hybridized carbons (Fsp3) is 0.125. The van der Waals surface area contributed by atoms with E-state index in [0.29, 0.717) is 11.5 Å². The third-order valence-corrected chi connectivity index (χ3v) is 3.25. The summed E-state index contributed by atoms with van der Waals surface area (Å²) in [4.78, 5) is 34.5. The maximum Gasteiger partial charge on any atom is 0.255 e. The summed E-state index contributed by atoms with van der Waals surface area (Å²) in [7, 11) is 2.84. The van der Waals surface area contributed by atoms with Gasteiger partial charge in [0.05, 0.1) is 25.5 Å². The van der Waals surface area contributed by atoms with Gasteiger partial charge in [-0.1, -0.05) is 6.07 Å². The predicted molar refractivity (Wildman–Crippen MR) is 87.9 cm³/mol. The molecule has 8 heteroatoms. The third kappa shape index (κ3) is 3.49. The van der Waals surface area contributed by atoms with Gasteiger partial charge >= 0.3 is 0 Å². The lowest BCUT2D eigenvalue weighted by atomic mass is 10.1. The largest absolute Gasteiger partial charge is 0.493 e. The Bertz CT molecular complexity index is 804. The number of anilines is 1. The minimum atomic E-state index is -0.741. The van der Waals surface area contributed by atoms with Gasteiger partial charge in [0.25, 0.3) is 11.8 Å². The van der Waals surface area contributed by atoms with E-state index in [1.54, 1.807) is 0 Å². The van der Waals surface area contributed by atoms with Gasteiger partial charge in [-0.3, -0.25) is 9.59 Å². The minimum absolute atomic E-state index is 0.0608. The number of carbonyl (C=O) groups is 2. The predicted octanol–water partition coefficient (Wildman–Crippen LogP) is 2.45. The Hall–Kier alpha value is -3.42. The maximum absolute atomic E-state index is 12.3. The molecule has 2 amide bonds. The molecule has 0 unspecified atom stereocenters. The number of amides is 2. The van der Waals surface area contributed by atoms with E-state index >= 15 is 0 Å². The van der Waals surface area contributed by atoms with Crippen molar-refractivity contribution in [3.8, 4) is 11.5 Å². The monoisotopic (exact) mass is 329 g/mol. The fourth-order valence-corrected chi connectivity index (χ4v) is 2.08. The van der Waals surface area contributed by atoms with Gasteiger partial charge in [0.2, 0.25) is 0 Å². The van der Waals surface area contributed by atoms with E-state index in [9.17, 15) is 14.5 Å². The number of benzene rings is 2. The van der Waals surface area contributed by atoms with Crippen molar-refractivity contribution in [2.75, 3.05) is 19.5 Å². The van der Waals surface area contributed by atoms with Crippen molar-refractivity contribution < 1.29 is 19.1 Å². The molecule has 3 N–H and O–H groups in total. The Balaban J connectivity index is 2.41. The molecule has 0 atom stereocenters. The highest BCUT2D eigenvalue weighted by Crippen LogP contribution is 2.33. The van der Waals surface area contributed by atoms with Crippen LogP contribution in [0.2, 0.25) is 0 Å². The van der Waals surface area contributed by atoms with Crippen molar-refractivity contribution in [2.45, 2.75) is 0 Å². The van der Waals surface area contributed by atoms with Gasteiger partial charge in [-0.05, 0) is 29.4 Å². The van der Waals surface area contributed by atoms with Gasteiger partial charge in [-0.25, -0.2) is 0 Å². The van der Waals surface area contributed by atoms with Crippen molar-refractivity contribution in [3.05, 3.63) is 52.4 Å². The molecule has 0 saturated heterocycles. The number of nitrogens with one attached hydrogen (secondary N) is 1. The van der Waals surface area contributed by atoms with E-state index in [1.807, 2.05) is 0 Å². The Morgan fingerprint density at radius 3 is 2.33 bits per heavy atom. The molecular weight excluding hydrogens is 314 g/mol. The summed E-state index contributed by atoms with van der Waals surface area (Å²) in [5, 5.41) is 5.34. The highest BCUT2D eigenvalue weighted by atomic mass is 16.5. The zero-order valence-electron chi connectivity index (χ0n) is 13.0. The van der Waals surface area contributed by atoms with E-state index < -0.39 is 11.8 Å². The molecular formula is C16H15N3O5. The summed E-state index contributed by atoms with van der Waals surface area (Å²) in [6.45, 7) is 0. The summed E-state index contributed by atoms with van der Waals surface area (Å²) in [5.74, 6) is -0.651. The average molecular weight is 329 g/mol. The van der Waals surface area contributed by atoms with Crippen LogP contribution in [-0.4, -0.2) is 26.0 Å². The smallest absolute Gasteiger partial charge is 0.255 e. The normalized spacial score (nSPS) is 9.92. The number of nitrogens with zero attached hydrogens (tertiary/aromatic N) is 1. The number of ether oxygens (including phenoxy) is 2. The first-order valence-electron chi connectivity index (χ1n) is 6.80. The molecule has 124 valence electrons. The van der Waals surface area contributed by atoms with Gasteiger partial charge in [0.15, 0.2) is 11.5 Å². The van der Waals surface area contributed by atoms with Crippen LogP contribution in [0.3, 0.4) is 0 Å². The van der Waals surface area contributed by atoms with Crippen LogP contribution in [0.25, 0.3) is 0 Å². The molecule has 0 saturated carbocycles. The first-order valence-corrected chi connectivity index (χ1v) is 6.80. The number of carbonyl (C=O) groups excluding carboxylic acids is 2. The minimum Gasteiger partial charge on any atom is -0.493 e. The van der Waals surface area contributed by atoms with E-state index in [1.165, 1.54) is 50.6 Å². The number of hydrogen-bond acceptors (Lipinski definition) is 6. The fourth-order valence-electron chi connectivity index (χ4n) is 2.08. The van der Waals surface area contributed by atoms with Crippen LogP contribution in [0, 0.1) is 4.91 Å². The molecule has 2 aromatic carbocycles. The first kappa shape index (κ1) is 16.9. The molecule has 0 bridgehead atoms. The highest BCUT2D eigenvalue weighted by Gasteiger charge is 2.17. The second-order valence-electron chi connectivity index (χ2n) is 4.71. The quantitative estimate of drug-likeness (QED) is 0.789. The summed E-state index contributed by atoms with van der Waals surface area (Å²) < 4.78 is 10.3. The van der Waals surface area contributed by atoms with Gasteiger partial charge in [0.1, 0.15) is 5.69 Å². The van der Waals surface area contributed by atoms with E-state index in [-0.39, 0.29) is 22.5 Å². The lowest BCUT2D eigenvalue weighted by Crippen LogP contribution is -2.18. The van der Waals surface area contributed by atoms with Crippen LogP contribution in [0.5, 0.6) is 11.5 Å². The molecule has 0 aromatic heterocycles. The summed E-state index contributed by atoms with van der Waals surface area (Å²) in [6, 6.07) is 8.63. The van der Waals surface area contributed by atoms with Crippen LogP contribution < -0.4 is 20.5 Å². The van der Waals surface area contributed by atoms with Crippen LogP contribution in [0.4, 0.5) is 11.4 Å². The molecule has 0 fully saturated rings. The number of primary amides is 1. The Morgan fingerprint density at radius 1 is 1.08 bits per heavy atom. The number of methoxy groups -OCH3 is 2. The molecule has 8 nitrogen and oxygen atoms in total. The van der Waals surface area contributed by atoms with Crippen molar-refractivity contribution in [2.24, 2.45) is 10.9 Å². The molecule has 0 spiro atoms. The molecule has 0 heterocycles. The van der Waals surface area contributed by atoms with E-state index in [0.717, 1.165) is 0 Å². The lowest BCUT2D eigenvalue weighted by molar-refractivity contribution is 0.100. The number of nitroso groups, excluding NO2 is 1. The second kappa shape index (κ2) is 7.23. The van der Waals surface area contributed by atoms with Crippen molar-refractivity contribution in [3.63, 3.8) is 0 Å². The zero-order valence-corrected chi connectivity index (χ0v) is 13.0. The maximum atomic E-state index is 12.3. The molecule has 24 heavy (non-hydrogen) atoms. The summed E-state index contributed by atoms with van der Waals surface area (Å²) in [5.41, 5.74) is 5.89. The van der Waals surface area contributed by atoms with Crippen molar-refractivity contribution in [1.29, 1.82) is 0 Å². The van der Waals surface area contributed by atoms with Crippen LogP contribution in [-0.2, 0) is 0 Å². The van der Waals surface area contributed by atoms with Crippen LogP contribution in [0.15, 0.2) is 41.6 Å². The van der Waals surface area contributed by atoms with E-state index in [2.05, 4.69) is 10.5 Å². The topological polar surface area (TPSA) is 120 Å². The van der Waals surface area contributed by atoms with Gasteiger partial charge < -0.3 is 20.5 Å². The van der Waals surface area contributed by atoms with Crippen molar-refractivity contribution >= 4 is 23.2 Å². The van der Waals surface area contributed by atoms with Crippen LogP contribution >= 0.6 is 0 Å². The number of hydrogen-bond donors (Lipinski definition) is 2. The lowest BCUT2D eigenvalue weighted by Gasteiger charge is -2.14. The standard InChI is InChI=1S/C16H15N3O5/c1-23-13-7-11(15(17)20)12(8-14(13)24-2)18-16(21)9-4-3-5-10(6-9)19-22/h3-8H,1-2H3,(H2,17,20)(H,18,21). The average Bonchev–Trinajstić information content (AvgIpc) is 2.60. The Kier molecular flexibility index (Phi) is 5.10. The first-order chi connectivity index (χ1) is 11.5. The molecule has 0 aliphatic carbocycles. The van der Waals surface area contributed by atoms with Gasteiger partial charge in [-0.15, -0.1) is 4.91 Å². The summed E-state index contributed by atoms with van der Waals surface area (Å²) in [6.07, 6.45) is 0. The van der Waals surface area contributed by atoms with Gasteiger partial charge in [0, 0.05) is 11.6 Å². The summed E-state index contributed by atoms with van der Waals surface area (Å²) >= 11 is 0. The second-order valence-corrected chi connectivity index (χ2v) is 4.71. The molecule has 0 radical (unpaired) electrons. The Morgan fingerprint density at radius 2 is 1.75 bits per heavy atom. The SMILES string of the molecule is COc1cc(NC(=O)c2cccc(N=O)c2)c(C(N)=O)cc1OC. The Labute approximate surface area is 137 Å². The van der Waals surface area contributed by atoms with Gasteiger partial charge in [-0.2, -0.15) is 0 Å². The highest BCUT2D eigenvalue weighted by molar-refractivity contribution is 6.09. The van der Waals surface area contributed by atoms with Crippen molar-refractivity contribution in [1.82, 2.24) is 0 Å². The number of rotatable bonds is 6. The molecule has 0 aliphatic rings. The van der Waals surface area contributed by atoms with Crippen LogP contribution in [0.1, 0.15) is 20.7 Å². The zero-order chi connectivity index (χ0) is 17.7.